The van der Waals surface area contributed by atoms with E-state index in [0.29, 0.717) is 13.2 Å². The monoisotopic (exact) mass is 530 g/mol. The minimum absolute atomic E-state index is 0.00896. The summed E-state index contributed by atoms with van der Waals surface area (Å²) in [4.78, 5) is 33.6. The van der Waals surface area contributed by atoms with Gasteiger partial charge in [-0.3, -0.25) is 9.59 Å². The molecule has 0 fully saturated rings. The van der Waals surface area contributed by atoms with Gasteiger partial charge in [0, 0.05) is 35.6 Å². The van der Waals surface area contributed by atoms with Crippen molar-refractivity contribution in [3.8, 4) is 11.9 Å². The van der Waals surface area contributed by atoms with Crippen molar-refractivity contribution in [3.63, 3.8) is 0 Å². The Labute approximate surface area is 211 Å². The van der Waals surface area contributed by atoms with Crippen LogP contribution in [0.3, 0.4) is 0 Å². The van der Waals surface area contributed by atoms with Crippen molar-refractivity contribution in [2.24, 2.45) is 0 Å². The Hall–Kier alpha value is -2.03. The van der Waals surface area contributed by atoms with Crippen LogP contribution in [0.4, 0.5) is 0 Å². The Morgan fingerprint density at radius 1 is 0.829 bits per heavy atom. The highest BCUT2D eigenvalue weighted by molar-refractivity contribution is 6.76. The van der Waals surface area contributed by atoms with E-state index in [1.165, 1.54) is 6.20 Å². The Kier molecular flexibility index (Phi) is 13.4. The van der Waals surface area contributed by atoms with Gasteiger partial charge in [-0.05, 0) is 25.9 Å². The molecule has 0 bridgehead atoms. The van der Waals surface area contributed by atoms with E-state index in [1.54, 1.807) is 13.8 Å². The van der Waals surface area contributed by atoms with Crippen LogP contribution in [0, 0.1) is 0 Å². The van der Waals surface area contributed by atoms with Crippen LogP contribution in [0.5, 0.6) is 11.9 Å². The second kappa shape index (κ2) is 15.2. The SMILES string of the molecule is CCOC(=O)C(C(=O)OCC)c1cnc(OCOCC[Si](C)(C)C)nc1OCOCC[Si](C)(C)C. The van der Waals surface area contributed by atoms with E-state index in [0.717, 1.165) is 12.1 Å². The molecule has 0 N–H and O–H groups in total. The fourth-order valence-electron chi connectivity index (χ4n) is 2.61. The van der Waals surface area contributed by atoms with Crippen LogP contribution in [0.15, 0.2) is 6.20 Å². The summed E-state index contributed by atoms with van der Waals surface area (Å²) in [6.07, 6.45) is 1.31. The lowest BCUT2D eigenvalue weighted by molar-refractivity contribution is -0.157. The summed E-state index contributed by atoms with van der Waals surface area (Å²) in [7, 11) is -2.48. The highest BCUT2D eigenvalue weighted by Crippen LogP contribution is 2.29. The lowest BCUT2D eigenvalue weighted by Crippen LogP contribution is -2.27. The third kappa shape index (κ3) is 13.0. The maximum absolute atomic E-state index is 12.6. The van der Waals surface area contributed by atoms with E-state index < -0.39 is 34.0 Å². The van der Waals surface area contributed by atoms with E-state index in [9.17, 15) is 9.59 Å². The molecule has 1 aromatic rings. The minimum atomic E-state index is -1.39. The van der Waals surface area contributed by atoms with Crippen molar-refractivity contribution >= 4 is 28.1 Å². The van der Waals surface area contributed by atoms with Crippen molar-refractivity contribution < 1.29 is 38.0 Å². The first-order valence-corrected chi connectivity index (χ1v) is 19.4. The van der Waals surface area contributed by atoms with Crippen molar-refractivity contribution in [1.29, 1.82) is 0 Å². The highest BCUT2D eigenvalue weighted by atomic mass is 28.3. The summed E-state index contributed by atoms with van der Waals surface area (Å²) in [5.74, 6) is -2.96. The summed E-state index contributed by atoms with van der Waals surface area (Å²) in [6, 6.07) is 1.95. The lowest BCUT2D eigenvalue weighted by Gasteiger charge is -2.19. The van der Waals surface area contributed by atoms with Crippen LogP contribution < -0.4 is 9.47 Å². The second-order valence-electron chi connectivity index (χ2n) is 10.3. The number of carbonyl (C=O) groups is 2. The molecule has 0 aliphatic rings. The molecule has 0 saturated carbocycles. The zero-order valence-electron chi connectivity index (χ0n) is 22.5. The predicted molar refractivity (Wildman–Crippen MR) is 137 cm³/mol. The Balaban J connectivity index is 3.03. The van der Waals surface area contributed by atoms with Gasteiger partial charge in [0.1, 0.15) is 0 Å². The largest absolute Gasteiger partial charge is 0.465 e. The average Bonchev–Trinajstić information content (AvgIpc) is 2.73. The lowest BCUT2D eigenvalue weighted by atomic mass is 10.0. The van der Waals surface area contributed by atoms with Crippen molar-refractivity contribution in [2.75, 3.05) is 40.0 Å². The number of rotatable bonds is 17. The summed E-state index contributed by atoms with van der Waals surface area (Å²) >= 11 is 0. The molecular weight excluding hydrogens is 488 g/mol. The third-order valence-electron chi connectivity index (χ3n) is 4.66. The average molecular weight is 531 g/mol. The predicted octanol–water partition coefficient (Wildman–Crippen LogP) is 4.07. The smallest absolute Gasteiger partial charge is 0.325 e. The van der Waals surface area contributed by atoms with Crippen LogP contribution in [0.25, 0.3) is 0 Å². The van der Waals surface area contributed by atoms with Gasteiger partial charge in [0.25, 0.3) is 0 Å². The molecular formula is C23H42N2O8Si2. The second-order valence-corrected chi connectivity index (χ2v) is 21.6. The normalized spacial score (nSPS) is 11.9. The molecule has 0 unspecified atom stereocenters. The zero-order valence-corrected chi connectivity index (χ0v) is 24.5. The highest BCUT2D eigenvalue weighted by Gasteiger charge is 2.35. The summed E-state index contributed by atoms with van der Waals surface area (Å²) < 4.78 is 32.5. The molecule has 0 radical (unpaired) electrons. The van der Waals surface area contributed by atoms with Gasteiger partial charge < -0.3 is 28.4 Å². The minimum Gasteiger partial charge on any atom is -0.465 e. The first-order chi connectivity index (χ1) is 16.4. The third-order valence-corrected chi connectivity index (χ3v) is 8.07. The number of ether oxygens (including phenoxy) is 6. The molecule has 1 heterocycles. The van der Waals surface area contributed by atoms with Crippen molar-refractivity contribution in [2.45, 2.75) is 71.1 Å². The van der Waals surface area contributed by atoms with Crippen molar-refractivity contribution in [3.05, 3.63) is 11.8 Å². The first kappa shape index (κ1) is 31.0. The molecule has 12 heteroatoms. The van der Waals surface area contributed by atoms with Gasteiger partial charge in [-0.25, -0.2) is 4.98 Å². The van der Waals surface area contributed by atoms with Gasteiger partial charge in [0.2, 0.25) is 5.88 Å². The molecule has 200 valence electrons. The molecule has 0 saturated heterocycles. The standard InChI is InChI=1S/C23H42N2O8Si2/c1-9-30-21(26)19(22(27)31-10-2)18-15-24-23(33-17-29-12-14-35(6,7)8)25-20(18)32-16-28-11-13-34(3,4)5/h15,19H,9-14,16-17H2,1-8H3. The number of hydrogen-bond donors (Lipinski definition) is 0. The van der Waals surface area contributed by atoms with Crippen LogP contribution in [-0.4, -0.2) is 78.1 Å². The summed E-state index contributed by atoms with van der Waals surface area (Å²) in [5.41, 5.74) is 0.114. The topological polar surface area (TPSA) is 115 Å². The molecule has 0 aliphatic heterocycles. The van der Waals surface area contributed by atoms with Crippen LogP contribution in [-0.2, 0) is 28.5 Å². The molecule has 0 aromatic carbocycles. The Morgan fingerprint density at radius 3 is 1.77 bits per heavy atom. The molecule has 0 aliphatic carbocycles. The number of carbonyl (C=O) groups excluding carboxylic acids is 2. The van der Waals surface area contributed by atoms with E-state index in [2.05, 4.69) is 49.3 Å². The summed E-state index contributed by atoms with van der Waals surface area (Å²) in [6.45, 7) is 18.0. The number of hydrogen-bond acceptors (Lipinski definition) is 10. The van der Waals surface area contributed by atoms with E-state index in [-0.39, 0.29) is 44.3 Å². The van der Waals surface area contributed by atoms with Gasteiger partial charge in [-0.1, -0.05) is 39.3 Å². The fraction of sp³-hybridized carbons (Fsp3) is 0.739. The molecule has 0 amide bonds. The quantitative estimate of drug-likeness (QED) is 0.0959. The molecule has 35 heavy (non-hydrogen) atoms. The number of esters is 2. The van der Waals surface area contributed by atoms with Gasteiger partial charge >= 0.3 is 17.9 Å². The van der Waals surface area contributed by atoms with Gasteiger partial charge in [0.15, 0.2) is 19.5 Å². The fourth-order valence-corrected chi connectivity index (χ4v) is 4.12. The van der Waals surface area contributed by atoms with E-state index in [4.69, 9.17) is 28.4 Å². The van der Waals surface area contributed by atoms with E-state index >= 15 is 0 Å². The van der Waals surface area contributed by atoms with Gasteiger partial charge in [-0.2, -0.15) is 4.98 Å². The zero-order chi connectivity index (χ0) is 26.5. The van der Waals surface area contributed by atoms with E-state index in [1.807, 2.05) is 0 Å². The molecule has 0 atom stereocenters. The Bertz CT molecular complexity index is 779. The molecule has 1 rings (SSSR count). The van der Waals surface area contributed by atoms with Crippen molar-refractivity contribution in [1.82, 2.24) is 9.97 Å². The first-order valence-electron chi connectivity index (χ1n) is 12.0. The molecule has 1 aromatic heterocycles. The van der Waals surface area contributed by atoms with Gasteiger partial charge in [-0.15, -0.1) is 0 Å². The summed E-state index contributed by atoms with van der Waals surface area (Å²) in [5, 5.41) is 0. The maximum Gasteiger partial charge on any atom is 0.325 e. The Morgan fingerprint density at radius 2 is 1.31 bits per heavy atom. The number of aromatic nitrogens is 2. The molecule has 10 nitrogen and oxygen atoms in total. The van der Waals surface area contributed by atoms with Crippen LogP contribution in [0.2, 0.25) is 51.4 Å². The van der Waals surface area contributed by atoms with Gasteiger partial charge in [0.05, 0.1) is 18.8 Å². The van der Waals surface area contributed by atoms with Crippen LogP contribution >= 0.6 is 0 Å². The van der Waals surface area contributed by atoms with Crippen LogP contribution in [0.1, 0.15) is 25.3 Å². The maximum atomic E-state index is 12.6. The number of nitrogens with zero attached hydrogens (tertiary/aromatic N) is 2. The molecule has 0 spiro atoms.